The topological polar surface area (TPSA) is 73.9 Å². The Labute approximate surface area is 159 Å². The molecule has 0 bridgehead atoms. The van der Waals surface area contributed by atoms with Crippen LogP contribution in [0.5, 0.6) is 11.6 Å². The number of nitrogens with two attached hydrogens (primary N) is 1. The van der Waals surface area contributed by atoms with Crippen molar-refractivity contribution in [2.45, 2.75) is 9.92 Å². The van der Waals surface area contributed by atoms with Crippen molar-refractivity contribution in [2.24, 2.45) is 0 Å². The van der Waals surface area contributed by atoms with Crippen molar-refractivity contribution in [2.75, 3.05) is 5.73 Å². The van der Waals surface area contributed by atoms with Gasteiger partial charge >= 0.3 is 0 Å². The third-order valence-corrected chi connectivity index (χ3v) is 4.92. The van der Waals surface area contributed by atoms with Gasteiger partial charge in [-0.2, -0.15) is 4.98 Å². The number of hydrogen-bond donors (Lipinski definition) is 1. The molecule has 2 aromatic heterocycles. The van der Waals surface area contributed by atoms with Crippen molar-refractivity contribution < 1.29 is 4.74 Å². The number of benzene rings is 2. The standard InChI is InChI=1S/C19H13ClN4OS/c20-13-6-8-14(9-7-13)26-19-16(21)18(23-11-24-19)25-15-5-1-3-12-4-2-10-22-17(12)15/h1-11H,21H2. The van der Waals surface area contributed by atoms with Gasteiger partial charge in [0.15, 0.2) is 5.75 Å². The summed E-state index contributed by atoms with van der Waals surface area (Å²) in [6.07, 6.45) is 3.16. The number of ether oxygens (including phenoxy) is 1. The fourth-order valence-electron chi connectivity index (χ4n) is 2.40. The number of halogens is 1. The molecule has 2 heterocycles. The van der Waals surface area contributed by atoms with Crippen LogP contribution in [-0.2, 0) is 0 Å². The molecule has 0 radical (unpaired) electrons. The number of pyridine rings is 1. The predicted octanol–water partition coefficient (Wildman–Crippen LogP) is 5.20. The minimum absolute atomic E-state index is 0.301. The SMILES string of the molecule is Nc1c(Oc2cccc3cccnc23)ncnc1Sc1ccc(Cl)cc1. The second-order valence-corrected chi connectivity index (χ2v) is 6.89. The molecule has 0 unspecified atom stereocenters. The Hall–Kier alpha value is -2.83. The van der Waals surface area contributed by atoms with Gasteiger partial charge < -0.3 is 10.5 Å². The first-order valence-electron chi connectivity index (χ1n) is 7.76. The summed E-state index contributed by atoms with van der Waals surface area (Å²) in [5.74, 6) is 0.894. The molecule has 128 valence electrons. The van der Waals surface area contributed by atoms with Crippen LogP contribution < -0.4 is 10.5 Å². The largest absolute Gasteiger partial charge is 0.435 e. The van der Waals surface area contributed by atoms with Crippen LogP contribution in [0.3, 0.4) is 0 Å². The molecule has 0 aliphatic heterocycles. The van der Waals surface area contributed by atoms with E-state index in [0.29, 0.717) is 27.4 Å². The van der Waals surface area contributed by atoms with E-state index in [1.54, 1.807) is 6.20 Å². The van der Waals surface area contributed by atoms with E-state index in [9.17, 15) is 0 Å². The highest BCUT2D eigenvalue weighted by atomic mass is 35.5. The van der Waals surface area contributed by atoms with Crippen LogP contribution in [0, 0.1) is 0 Å². The summed E-state index contributed by atoms with van der Waals surface area (Å²) in [4.78, 5) is 13.8. The highest BCUT2D eigenvalue weighted by molar-refractivity contribution is 7.99. The van der Waals surface area contributed by atoms with Gasteiger partial charge in [0, 0.05) is 21.5 Å². The number of hydrogen-bond acceptors (Lipinski definition) is 6. The third-order valence-electron chi connectivity index (χ3n) is 3.64. The Morgan fingerprint density at radius 3 is 2.58 bits per heavy atom. The number of nitrogens with zero attached hydrogens (tertiary/aromatic N) is 3. The zero-order valence-electron chi connectivity index (χ0n) is 13.5. The average molecular weight is 381 g/mol. The zero-order valence-corrected chi connectivity index (χ0v) is 15.0. The highest BCUT2D eigenvalue weighted by Gasteiger charge is 2.13. The van der Waals surface area contributed by atoms with E-state index in [0.717, 1.165) is 15.8 Å². The molecule has 0 fully saturated rings. The monoisotopic (exact) mass is 380 g/mol. The maximum Gasteiger partial charge on any atom is 0.247 e. The Bertz CT molecular complexity index is 1070. The maximum absolute atomic E-state index is 6.24. The molecule has 4 aromatic rings. The number of para-hydroxylation sites is 1. The van der Waals surface area contributed by atoms with Gasteiger partial charge in [-0.1, -0.05) is 41.6 Å². The Morgan fingerprint density at radius 1 is 0.923 bits per heavy atom. The summed E-state index contributed by atoms with van der Waals surface area (Å²) in [6.45, 7) is 0. The van der Waals surface area contributed by atoms with Crippen LogP contribution in [0.2, 0.25) is 5.02 Å². The van der Waals surface area contributed by atoms with Gasteiger partial charge in [-0.05, 0) is 36.4 Å². The smallest absolute Gasteiger partial charge is 0.247 e. The lowest BCUT2D eigenvalue weighted by atomic mass is 10.2. The summed E-state index contributed by atoms with van der Waals surface area (Å²) in [7, 11) is 0. The van der Waals surface area contributed by atoms with Gasteiger partial charge in [0.05, 0.1) is 0 Å². The zero-order chi connectivity index (χ0) is 17.9. The van der Waals surface area contributed by atoms with Crippen molar-refractivity contribution >= 4 is 40.0 Å². The van der Waals surface area contributed by atoms with Crippen LogP contribution in [0.15, 0.2) is 77.0 Å². The molecule has 0 saturated carbocycles. The van der Waals surface area contributed by atoms with E-state index in [1.165, 1.54) is 18.1 Å². The number of rotatable bonds is 4. The van der Waals surface area contributed by atoms with Gasteiger partial charge in [0.25, 0.3) is 0 Å². The van der Waals surface area contributed by atoms with Crippen LogP contribution in [0.1, 0.15) is 0 Å². The lowest BCUT2D eigenvalue weighted by molar-refractivity contribution is 0.466. The summed E-state index contributed by atoms with van der Waals surface area (Å²) in [5, 5.41) is 2.27. The lowest BCUT2D eigenvalue weighted by Crippen LogP contribution is -1.99. The molecule has 0 aliphatic carbocycles. The molecule has 2 N–H and O–H groups in total. The Kier molecular flexibility index (Phi) is 4.60. The van der Waals surface area contributed by atoms with E-state index in [-0.39, 0.29) is 0 Å². The van der Waals surface area contributed by atoms with Gasteiger partial charge in [0.2, 0.25) is 5.88 Å². The number of fused-ring (bicyclic) bond motifs is 1. The van der Waals surface area contributed by atoms with Crippen LogP contribution in [0.25, 0.3) is 10.9 Å². The van der Waals surface area contributed by atoms with Crippen LogP contribution in [-0.4, -0.2) is 15.0 Å². The van der Waals surface area contributed by atoms with Crippen LogP contribution in [0.4, 0.5) is 5.69 Å². The fraction of sp³-hybridized carbons (Fsp3) is 0. The van der Waals surface area contributed by atoms with Crippen LogP contribution >= 0.6 is 23.4 Å². The molecule has 26 heavy (non-hydrogen) atoms. The van der Waals surface area contributed by atoms with Crippen molar-refractivity contribution in [3.63, 3.8) is 0 Å². The van der Waals surface area contributed by atoms with Gasteiger partial charge in [-0.3, -0.25) is 4.98 Å². The maximum atomic E-state index is 6.24. The third kappa shape index (κ3) is 3.42. The van der Waals surface area contributed by atoms with E-state index in [1.807, 2.05) is 54.6 Å². The first kappa shape index (κ1) is 16.6. The molecule has 0 atom stereocenters. The molecular formula is C19H13ClN4OS. The second kappa shape index (κ2) is 7.19. The first-order chi connectivity index (χ1) is 12.7. The van der Waals surface area contributed by atoms with Crippen molar-refractivity contribution in [1.29, 1.82) is 0 Å². The lowest BCUT2D eigenvalue weighted by Gasteiger charge is -2.11. The minimum Gasteiger partial charge on any atom is -0.435 e. The van der Waals surface area contributed by atoms with Crippen molar-refractivity contribution in [1.82, 2.24) is 15.0 Å². The summed E-state index contributed by atoms with van der Waals surface area (Å²) in [6, 6.07) is 17.0. The van der Waals surface area contributed by atoms with Crippen molar-refractivity contribution in [3.8, 4) is 11.6 Å². The second-order valence-electron chi connectivity index (χ2n) is 5.39. The predicted molar refractivity (Wildman–Crippen MR) is 104 cm³/mol. The molecule has 5 nitrogen and oxygen atoms in total. The number of anilines is 1. The van der Waals surface area contributed by atoms with Crippen molar-refractivity contribution in [3.05, 3.63) is 72.1 Å². The molecular weight excluding hydrogens is 368 g/mol. The molecule has 0 spiro atoms. The summed E-state index contributed by atoms with van der Waals surface area (Å²) >= 11 is 7.34. The quantitative estimate of drug-likeness (QED) is 0.490. The van der Waals surface area contributed by atoms with Gasteiger partial charge in [0.1, 0.15) is 22.6 Å². The number of aromatic nitrogens is 3. The van der Waals surface area contributed by atoms with E-state index in [4.69, 9.17) is 22.1 Å². The minimum atomic E-state index is 0.301. The highest BCUT2D eigenvalue weighted by Crippen LogP contribution is 2.37. The van der Waals surface area contributed by atoms with Gasteiger partial charge in [-0.25, -0.2) is 4.98 Å². The normalized spacial score (nSPS) is 10.8. The Morgan fingerprint density at radius 2 is 1.73 bits per heavy atom. The first-order valence-corrected chi connectivity index (χ1v) is 8.95. The average Bonchev–Trinajstić information content (AvgIpc) is 2.67. The number of nitrogen functional groups attached to an aromatic ring is 1. The Balaban J connectivity index is 1.66. The molecule has 0 amide bonds. The fourth-order valence-corrected chi connectivity index (χ4v) is 3.32. The van der Waals surface area contributed by atoms with Gasteiger partial charge in [-0.15, -0.1) is 0 Å². The van der Waals surface area contributed by atoms with E-state index >= 15 is 0 Å². The molecule has 4 rings (SSSR count). The molecule has 0 saturated heterocycles. The molecule has 0 aliphatic rings. The molecule has 2 aromatic carbocycles. The van der Waals surface area contributed by atoms with E-state index in [2.05, 4.69) is 15.0 Å². The molecule has 7 heteroatoms. The summed E-state index contributed by atoms with van der Waals surface area (Å²) in [5.41, 5.74) is 7.36. The summed E-state index contributed by atoms with van der Waals surface area (Å²) < 4.78 is 5.95. The van der Waals surface area contributed by atoms with E-state index < -0.39 is 0 Å².